The second-order valence-corrected chi connectivity index (χ2v) is 12.2. The van der Waals surface area contributed by atoms with Crippen molar-refractivity contribution < 1.29 is 9.53 Å². The molecule has 3 aliphatic rings. The molecule has 1 spiro atoms. The van der Waals surface area contributed by atoms with Crippen molar-refractivity contribution >= 4 is 22.0 Å². The van der Waals surface area contributed by atoms with Gasteiger partial charge in [0, 0.05) is 16.6 Å². The van der Waals surface area contributed by atoms with Crippen LogP contribution < -0.4 is 0 Å². The smallest absolute Gasteiger partial charge is 0.420 e. The largest absolute Gasteiger partial charge is 0.443 e. The Morgan fingerprint density at radius 2 is 1.82 bits per heavy atom. The number of rotatable bonds is 2. The summed E-state index contributed by atoms with van der Waals surface area (Å²) in [6.07, 6.45) is 5.99. The number of imidazole rings is 1. The third-order valence-electron chi connectivity index (χ3n) is 7.50. The molecular weight excluding hydrogens is 490 g/mol. The molecule has 0 bridgehead atoms. The van der Waals surface area contributed by atoms with Crippen LogP contribution in [-0.4, -0.2) is 39.7 Å². The van der Waals surface area contributed by atoms with Crippen LogP contribution in [0, 0.1) is 5.41 Å². The minimum atomic E-state index is -0.581. The van der Waals surface area contributed by atoms with Gasteiger partial charge in [-0.1, -0.05) is 34.1 Å². The summed E-state index contributed by atoms with van der Waals surface area (Å²) >= 11 is 3.60. The number of hydrogen-bond donors (Lipinski definition) is 0. The summed E-state index contributed by atoms with van der Waals surface area (Å²) in [5.41, 5.74) is 6.78. The Morgan fingerprint density at radius 3 is 2.50 bits per heavy atom. The number of aromatic nitrogens is 2. The van der Waals surface area contributed by atoms with E-state index in [1.165, 1.54) is 35.1 Å². The lowest BCUT2D eigenvalue weighted by Gasteiger charge is -2.24. The van der Waals surface area contributed by atoms with Gasteiger partial charge in [0.25, 0.3) is 0 Å². The second-order valence-electron chi connectivity index (χ2n) is 11.3. The molecule has 34 heavy (non-hydrogen) atoms. The van der Waals surface area contributed by atoms with Gasteiger partial charge in [-0.3, -0.25) is 4.90 Å². The number of carbonyl (C=O) groups excluding carboxylic acids is 1. The van der Waals surface area contributed by atoms with Gasteiger partial charge in [0.2, 0.25) is 0 Å². The molecule has 5 nitrogen and oxygen atoms in total. The number of benzene rings is 2. The first-order valence-electron chi connectivity index (χ1n) is 12.1. The summed E-state index contributed by atoms with van der Waals surface area (Å²) in [5.74, 6) is 0.795. The fraction of sp³-hybridized carbons (Fsp3) is 0.429. The van der Waals surface area contributed by atoms with Gasteiger partial charge in [-0.05, 0) is 99.4 Å². The predicted molar refractivity (Wildman–Crippen MR) is 137 cm³/mol. The summed E-state index contributed by atoms with van der Waals surface area (Å²) in [6.45, 7) is 6.80. The zero-order chi connectivity index (χ0) is 23.8. The van der Waals surface area contributed by atoms with E-state index in [-0.39, 0.29) is 12.1 Å². The van der Waals surface area contributed by atoms with Crippen molar-refractivity contribution in [1.82, 2.24) is 14.5 Å². The van der Waals surface area contributed by atoms with E-state index in [2.05, 4.69) is 64.3 Å². The van der Waals surface area contributed by atoms with E-state index < -0.39 is 5.60 Å². The molecule has 2 aromatic carbocycles. The minimum absolute atomic E-state index is 0.125. The highest BCUT2D eigenvalue weighted by Gasteiger charge is 2.52. The first-order chi connectivity index (χ1) is 16.1. The van der Waals surface area contributed by atoms with Crippen LogP contribution in [-0.2, 0) is 11.2 Å². The highest BCUT2D eigenvalue weighted by Crippen LogP contribution is 2.58. The predicted octanol–water partition coefficient (Wildman–Crippen LogP) is 6.82. The fourth-order valence-electron chi connectivity index (χ4n) is 5.74. The number of carbonyl (C=O) groups is 1. The summed E-state index contributed by atoms with van der Waals surface area (Å²) < 4.78 is 8.69. The van der Waals surface area contributed by atoms with Gasteiger partial charge in [0.15, 0.2) is 0 Å². The molecule has 1 saturated carbocycles. The molecule has 0 radical (unpaired) electrons. The molecule has 1 aliphatic heterocycles. The van der Waals surface area contributed by atoms with Gasteiger partial charge in [0.1, 0.15) is 11.4 Å². The van der Waals surface area contributed by atoms with Gasteiger partial charge in [0.05, 0.1) is 17.9 Å². The summed E-state index contributed by atoms with van der Waals surface area (Å²) in [4.78, 5) is 20.7. The third-order valence-corrected chi connectivity index (χ3v) is 8.00. The maximum Gasteiger partial charge on any atom is 0.420 e. The molecule has 176 valence electrons. The van der Waals surface area contributed by atoms with Crippen molar-refractivity contribution in [2.45, 2.75) is 58.1 Å². The maximum atomic E-state index is 13.5. The van der Waals surface area contributed by atoms with Gasteiger partial charge in [-0.25, -0.2) is 14.3 Å². The Bertz CT molecular complexity index is 1320. The molecule has 0 amide bonds. The SMILES string of the molecule is CN1CC2(CC2)C[C@H]1c1ncc(-c2ccc3c(c2)Cc2cc(Br)ccc2-3)n1C(=O)OC(C)(C)C. The number of hydrogen-bond acceptors (Lipinski definition) is 4. The number of ether oxygens (including phenoxy) is 1. The van der Waals surface area contributed by atoms with E-state index in [9.17, 15) is 4.79 Å². The topological polar surface area (TPSA) is 47.4 Å². The molecule has 6 heteroatoms. The average Bonchev–Trinajstić information content (AvgIpc) is 3.09. The number of nitrogens with zero attached hydrogens (tertiary/aromatic N) is 3. The van der Waals surface area contributed by atoms with Gasteiger partial charge in [-0.15, -0.1) is 0 Å². The van der Waals surface area contributed by atoms with Crippen LogP contribution in [0.25, 0.3) is 22.4 Å². The van der Waals surface area contributed by atoms with Crippen molar-refractivity contribution in [3.63, 3.8) is 0 Å². The van der Waals surface area contributed by atoms with E-state index in [0.717, 1.165) is 40.9 Å². The lowest BCUT2D eigenvalue weighted by atomic mass is 10.0. The lowest BCUT2D eigenvalue weighted by molar-refractivity contribution is 0.0528. The summed E-state index contributed by atoms with van der Waals surface area (Å²) in [5, 5.41) is 0. The fourth-order valence-corrected chi connectivity index (χ4v) is 6.15. The molecule has 1 saturated heterocycles. The van der Waals surface area contributed by atoms with Crippen molar-refractivity contribution in [3.05, 3.63) is 64.0 Å². The van der Waals surface area contributed by atoms with E-state index in [0.29, 0.717) is 5.41 Å². The molecule has 1 aromatic heterocycles. The Hall–Kier alpha value is -2.44. The summed E-state index contributed by atoms with van der Waals surface area (Å²) in [7, 11) is 2.15. The number of fused-ring (bicyclic) bond motifs is 3. The van der Waals surface area contributed by atoms with Crippen LogP contribution in [0.2, 0.25) is 0 Å². The molecule has 2 fully saturated rings. The Balaban J connectivity index is 1.42. The minimum Gasteiger partial charge on any atom is -0.443 e. The highest BCUT2D eigenvalue weighted by molar-refractivity contribution is 9.10. The van der Waals surface area contributed by atoms with E-state index in [1.807, 2.05) is 27.0 Å². The Labute approximate surface area is 209 Å². The van der Waals surface area contributed by atoms with Crippen LogP contribution in [0.1, 0.15) is 63.0 Å². The van der Waals surface area contributed by atoms with Crippen molar-refractivity contribution in [2.75, 3.05) is 13.6 Å². The van der Waals surface area contributed by atoms with Crippen LogP contribution in [0.15, 0.2) is 47.1 Å². The lowest BCUT2D eigenvalue weighted by Crippen LogP contribution is -2.30. The van der Waals surface area contributed by atoms with Crippen molar-refractivity contribution in [2.24, 2.45) is 5.41 Å². The average molecular weight is 520 g/mol. The van der Waals surface area contributed by atoms with Crippen LogP contribution >= 0.6 is 15.9 Å². The molecule has 0 unspecified atom stereocenters. The monoisotopic (exact) mass is 519 g/mol. The molecule has 0 N–H and O–H groups in total. The molecule has 6 rings (SSSR count). The molecule has 2 aliphatic carbocycles. The Morgan fingerprint density at radius 1 is 1.12 bits per heavy atom. The first kappa shape index (κ1) is 22.1. The van der Waals surface area contributed by atoms with E-state index in [4.69, 9.17) is 9.72 Å². The normalized spacial score (nSPS) is 20.4. The van der Waals surface area contributed by atoms with E-state index in [1.54, 1.807) is 4.57 Å². The maximum absolute atomic E-state index is 13.5. The van der Waals surface area contributed by atoms with E-state index >= 15 is 0 Å². The number of likely N-dealkylation sites (tertiary alicyclic amines) is 1. The van der Waals surface area contributed by atoms with Crippen LogP contribution in [0.4, 0.5) is 4.79 Å². The molecule has 3 aromatic rings. The van der Waals surface area contributed by atoms with Gasteiger partial charge in [-0.2, -0.15) is 0 Å². The quantitative estimate of drug-likeness (QED) is 0.291. The Kier molecular flexibility index (Phi) is 4.88. The second kappa shape index (κ2) is 7.53. The first-order valence-corrected chi connectivity index (χ1v) is 12.9. The van der Waals surface area contributed by atoms with Gasteiger partial charge < -0.3 is 4.74 Å². The van der Waals surface area contributed by atoms with Crippen molar-refractivity contribution in [1.29, 1.82) is 0 Å². The highest BCUT2D eigenvalue weighted by atomic mass is 79.9. The zero-order valence-corrected chi connectivity index (χ0v) is 21.8. The molecule has 1 atom stereocenters. The standard InChI is InChI=1S/C28H30BrN3O2/c1-27(2,3)34-26(33)32-24(15-30-25(32)23-14-28(9-10-28)16-31(23)4)17-5-7-21-18(11-17)12-19-13-20(29)6-8-22(19)21/h5-8,11,13,15,23H,9-10,12,14,16H2,1-4H3/t23-/m0/s1. The van der Waals surface area contributed by atoms with Crippen LogP contribution in [0.5, 0.6) is 0 Å². The summed E-state index contributed by atoms with van der Waals surface area (Å²) in [6, 6.07) is 13.1. The number of halogens is 1. The third kappa shape index (κ3) is 3.72. The molecule has 2 heterocycles. The molecular formula is C28H30BrN3O2. The zero-order valence-electron chi connectivity index (χ0n) is 20.2. The van der Waals surface area contributed by atoms with Crippen LogP contribution in [0.3, 0.4) is 0 Å². The van der Waals surface area contributed by atoms with Crippen molar-refractivity contribution in [3.8, 4) is 22.4 Å². The van der Waals surface area contributed by atoms with Gasteiger partial charge >= 0.3 is 6.09 Å².